The zero-order valence-corrected chi connectivity index (χ0v) is 19.9. The van der Waals surface area contributed by atoms with Crippen LogP contribution < -0.4 is 0 Å². The molecule has 0 atom stereocenters. The van der Waals surface area contributed by atoms with E-state index in [1.807, 2.05) is 0 Å². The minimum atomic E-state index is -0.913. The smallest absolute Gasteiger partial charge is 0.273 e. The zero-order valence-electron chi connectivity index (χ0n) is 19.9. The van der Waals surface area contributed by atoms with Gasteiger partial charge in [-0.1, -0.05) is 49.6 Å². The summed E-state index contributed by atoms with van der Waals surface area (Å²) < 4.78 is 0. The lowest BCUT2D eigenvalue weighted by Crippen LogP contribution is -2.58. The van der Waals surface area contributed by atoms with Gasteiger partial charge in [-0.25, -0.2) is 9.59 Å². The molecule has 2 saturated heterocycles. The summed E-state index contributed by atoms with van der Waals surface area (Å²) >= 11 is 0. The maximum Gasteiger partial charge on any atom is 0.332 e. The highest BCUT2D eigenvalue weighted by Gasteiger charge is 2.46. The number of hydrogen-bond acceptors (Lipinski definition) is 6. The first-order valence-corrected chi connectivity index (χ1v) is 11.3. The molecule has 0 spiro atoms. The van der Waals surface area contributed by atoms with Crippen LogP contribution in [0.2, 0.25) is 0 Å². The topological polar surface area (TPSA) is 115 Å². The molecule has 0 unspecified atom stereocenters. The quantitative estimate of drug-likeness (QED) is 0.611. The molecule has 0 radical (unpaired) electrons. The van der Waals surface area contributed by atoms with Gasteiger partial charge in [-0.3, -0.25) is 38.8 Å². The van der Waals surface area contributed by atoms with Gasteiger partial charge in [-0.2, -0.15) is 0 Å². The fraction of sp³-hybridized carbons (Fsp3) is 0.500. The third kappa shape index (κ3) is 4.57. The Kier molecular flexibility index (Phi) is 7.48. The molecule has 3 aliphatic rings. The van der Waals surface area contributed by atoms with Crippen molar-refractivity contribution in [2.75, 3.05) is 28.2 Å². The van der Waals surface area contributed by atoms with Crippen LogP contribution in [-0.4, -0.2) is 83.5 Å². The largest absolute Gasteiger partial charge is 0.332 e. The van der Waals surface area contributed by atoms with E-state index in [4.69, 9.17) is 0 Å². The molecule has 182 valence electrons. The average Bonchev–Trinajstić information content (AvgIpc) is 2.86. The van der Waals surface area contributed by atoms with Crippen molar-refractivity contribution in [1.29, 1.82) is 0 Å². The van der Waals surface area contributed by atoms with Gasteiger partial charge in [-0.05, 0) is 24.3 Å². The van der Waals surface area contributed by atoms with E-state index in [0.29, 0.717) is 5.56 Å². The SMILES string of the molecule is CN1C(=O)C(C2CCCCC2)C(=O)N(C)C1=O.CN1C(=O)C(c2ccccc2)C(=O)N(C)C1=O. The number of likely N-dealkylation sites (N-methyl/N-ethyl adjacent to an activating group) is 2. The molecular formula is C24H30N4O6. The molecule has 34 heavy (non-hydrogen) atoms. The first-order valence-electron chi connectivity index (χ1n) is 11.3. The Bertz CT molecular complexity index is 956. The molecule has 2 aliphatic heterocycles. The standard InChI is InChI=1S/C12H18N2O3.C12H12N2O3/c2*1-13-10(15)9(8-6-4-3-5-7-8)11(16)14(2)12(13)17/h8-9H,3-7H2,1-2H3;3-7,9H,1-2H3. The fourth-order valence-corrected chi connectivity index (χ4v) is 4.64. The van der Waals surface area contributed by atoms with Gasteiger partial charge >= 0.3 is 12.1 Å². The number of benzene rings is 1. The summed E-state index contributed by atoms with van der Waals surface area (Å²) in [5.41, 5.74) is 0.605. The van der Waals surface area contributed by atoms with Crippen LogP contribution in [0, 0.1) is 11.8 Å². The minimum Gasteiger partial charge on any atom is -0.273 e. The van der Waals surface area contributed by atoms with Crippen molar-refractivity contribution in [2.24, 2.45) is 11.8 Å². The first-order chi connectivity index (χ1) is 16.1. The second-order valence-electron chi connectivity index (χ2n) is 8.87. The van der Waals surface area contributed by atoms with E-state index < -0.39 is 35.7 Å². The molecule has 4 rings (SSSR count). The van der Waals surface area contributed by atoms with Gasteiger partial charge in [0.15, 0.2) is 0 Å². The molecule has 0 N–H and O–H groups in total. The highest BCUT2D eigenvalue weighted by atomic mass is 16.2. The van der Waals surface area contributed by atoms with Crippen LogP contribution in [0.15, 0.2) is 30.3 Å². The van der Waals surface area contributed by atoms with E-state index in [-0.39, 0.29) is 17.7 Å². The summed E-state index contributed by atoms with van der Waals surface area (Å²) in [4.78, 5) is 75.2. The number of carbonyl (C=O) groups is 6. The Morgan fingerprint density at radius 1 is 0.588 bits per heavy atom. The Balaban J connectivity index is 0.000000191. The number of barbiturate groups is 2. The second kappa shape index (κ2) is 10.1. The molecular weight excluding hydrogens is 440 g/mol. The van der Waals surface area contributed by atoms with Crippen molar-refractivity contribution in [3.63, 3.8) is 0 Å². The van der Waals surface area contributed by atoms with Crippen LogP contribution in [0.5, 0.6) is 0 Å². The Morgan fingerprint density at radius 3 is 1.44 bits per heavy atom. The number of amides is 8. The Hall–Kier alpha value is -3.56. The van der Waals surface area contributed by atoms with Crippen molar-refractivity contribution in [3.05, 3.63) is 35.9 Å². The lowest BCUT2D eigenvalue weighted by Gasteiger charge is -2.37. The van der Waals surface area contributed by atoms with Crippen LogP contribution in [0.4, 0.5) is 9.59 Å². The monoisotopic (exact) mass is 470 g/mol. The third-order valence-corrected chi connectivity index (χ3v) is 6.75. The summed E-state index contributed by atoms with van der Waals surface area (Å²) in [6.07, 6.45) is 5.15. The normalized spacial score (nSPS) is 21.3. The van der Waals surface area contributed by atoms with Crippen molar-refractivity contribution in [1.82, 2.24) is 19.6 Å². The van der Waals surface area contributed by atoms with Crippen molar-refractivity contribution in [2.45, 2.75) is 38.0 Å². The highest BCUT2D eigenvalue weighted by Crippen LogP contribution is 2.34. The number of carbonyl (C=O) groups excluding carboxylic acids is 6. The van der Waals surface area contributed by atoms with Gasteiger partial charge in [0.25, 0.3) is 0 Å². The van der Waals surface area contributed by atoms with Gasteiger partial charge in [-0.15, -0.1) is 0 Å². The molecule has 0 aromatic heterocycles. The molecule has 8 amide bonds. The summed E-state index contributed by atoms with van der Waals surface area (Å²) in [5.74, 6) is -3.06. The summed E-state index contributed by atoms with van der Waals surface area (Å²) in [7, 11) is 5.65. The van der Waals surface area contributed by atoms with Crippen molar-refractivity contribution in [3.8, 4) is 0 Å². The van der Waals surface area contributed by atoms with Crippen LogP contribution in [0.3, 0.4) is 0 Å². The van der Waals surface area contributed by atoms with Crippen LogP contribution >= 0.6 is 0 Å². The van der Waals surface area contributed by atoms with E-state index >= 15 is 0 Å². The Morgan fingerprint density at radius 2 is 1.00 bits per heavy atom. The van der Waals surface area contributed by atoms with Crippen LogP contribution in [0.1, 0.15) is 43.6 Å². The van der Waals surface area contributed by atoms with Gasteiger partial charge in [0.1, 0.15) is 11.8 Å². The van der Waals surface area contributed by atoms with E-state index in [1.165, 1.54) is 34.6 Å². The zero-order chi connectivity index (χ0) is 25.2. The van der Waals surface area contributed by atoms with Gasteiger partial charge in [0.2, 0.25) is 23.6 Å². The number of nitrogens with zero attached hydrogens (tertiary/aromatic N) is 4. The second-order valence-corrected chi connectivity index (χ2v) is 8.87. The lowest BCUT2D eigenvalue weighted by atomic mass is 9.78. The summed E-state index contributed by atoms with van der Waals surface area (Å²) in [6, 6.07) is 7.62. The Labute approximate surface area is 198 Å². The summed E-state index contributed by atoms with van der Waals surface area (Å²) in [5, 5.41) is 0. The molecule has 10 nitrogen and oxygen atoms in total. The third-order valence-electron chi connectivity index (χ3n) is 6.75. The molecule has 0 bridgehead atoms. The predicted octanol–water partition coefficient (Wildman–Crippen LogP) is 2.05. The van der Waals surface area contributed by atoms with Gasteiger partial charge in [0.05, 0.1) is 0 Å². The van der Waals surface area contributed by atoms with Gasteiger partial charge < -0.3 is 0 Å². The van der Waals surface area contributed by atoms with E-state index in [9.17, 15) is 28.8 Å². The maximum absolute atomic E-state index is 12.0. The molecule has 1 aliphatic carbocycles. The van der Waals surface area contributed by atoms with E-state index in [0.717, 1.165) is 45.3 Å². The number of rotatable bonds is 2. The highest BCUT2D eigenvalue weighted by molar-refractivity contribution is 6.19. The van der Waals surface area contributed by atoms with E-state index in [1.54, 1.807) is 30.3 Å². The number of imide groups is 4. The molecule has 1 saturated carbocycles. The van der Waals surface area contributed by atoms with Crippen LogP contribution in [-0.2, 0) is 19.2 Å². The lowest BCUT2D eigenvalue weighted by molar-refractivity contribution is -0.151. The molecule has 2 heterocycles. The first kappa shape index (κ1) is 25.1. The number of urea groups is 2. The van der Waals surface area contributed by atoms with Crippen molar-refractivity contribution >= 4 is 35.7 Å². The predicted molar refractivity (Wildman–Crippen MR) is 121 cm³/mol. The summed E-state index contributed by atoms with van der Waals surface area (Å²) in [6.45, 7) is 0. The van der Waals surface area contributed by atoms with E-state index in [2.05, 4.69) is 0 Å². The number of hydrogen-bond donors (Lipinski definition) is 0. The van der Waals surface area contributed by atoms with Crippen molar-refractivity contribution < 1.29 is 28.8 Å². The molecule has 1 aromatic carbocycles. The average molecular weight is 471 g/mol. The molecule has 1 aromatic rings. The molecule has 3 fully saturated rings. The van der Waals surface area contributed by atoms with Gasteiger partial charge in [0, 0.05) is 28.2 Å². The minimum absolute atomic E-state index is 0.113. The maximum atomic E-state index is 12.0. The van der Waals surface area contributed by atoms with Crippen LogP contribution in [0.25, 0.3) is 0 Å². The fourth-order valence-electron chi connectivity index (χ4n) is 4.64. The molecule has 10 heteroatoms.